The van der Waals surface area contributed by atoms with Crippen molar-refractivity contribution in [2.75, 3.05) is 13.7 Å². The highest BCUT2D eigenvalue weighted by Crippen LogP contribution is 2.28. The first kappa shape index (κ1) is 13.1. The first-order valence-electron chi connectivity index (χ1n) is 7.13. The van der Waals surface area contributed by atoms with Gasteiger partial charge in [0.1, 0.15) is 0 Å². The number of benzene rings is 1. The molecule has 0 amide bonds. The van der Waals surface area contributed by atoms with Crippen LogP contribution in [0.4, 0.5) is 0 Å². The maximum absolute atomic E-state index is 5.47. The molecule has 0 aliphatic carbocycles. The molecule has 2 heterocycles. The summed E-state index contributed by atoms with van der Waals surface area (Å²) >= 11 is 0. The molecule has 3 rings (SSSR count). The van der Waals surface area contributed by atoms with Crippen LogP contribution in [-0.2, 0) is 4.74 Å². The molecule has 1 aliphatic rings. The lowest BCUT2D eigenvalue weighted by Gasteiger charge is -2.23. The average molecular weight is 268 g/mol. The minimum absolute atomic E-state index is 0.138. The van der Waals surface area contributed by atoms with Crippen LogP contribution in [0.15, 0.2) is 42.2 Å². The first-order chi connectivity index (χ1) is 9.79. The number of rotatable bonds is 3. The molecule has 2 aromatic rings. The topological polar surface area (TPSA) is 34.1 Å². The molecule has 0 bridgehead atoms. The maximum Gasteiger partial charge on any atom is 0.0876 e. The van der Waals surface area contributed by atoms with E-state index in [0.29, 0.717) is 0 Å². The fourth-order valence-corrected chi connectivity index (χ4v) is 2.84. The Kier molecular flexibility index (Phi) is 3.70. The summed E-state index contributed by atoms with van der Waals surface area (Å²) in [5, 5.41) is 4.59. The molecule has 104 valence electrons. The van der Waals surface area contributed by atoms with Gasteiger partial charge in [-0.25, -0.2) is 0 Å². The second-order valence-corrected chi connectivity index (χ2v) is 5.27. The fourth-order valence-electron chi connectivity index (χ4n) is 2.84. The van der Waals surface area contributed by atoms with Crippen molar-refractivity contribution in [3.63, 3.8) is 0 Å². The van der Waals surface area contributed by atoms with Gasteiger partial charge >= 0.3 is 0 Å². The van der Waals surface area contributed by atoms with Gasteiger partial charge in [-0.15, -0.1) is 0 Å². The summed E-state index contributed by atoms with van der Waals surface area (Å²) in [5.74, 6) is 0. The van der Waals surface area contributed by atoms with Crippen LogP contribution in [0.2, 0.25) is 0 Å². The van der Waals surface area contributed by atoms with Gasteiger partial charge in [-0.05, 0) is 50.1 Å². The lowest BCUT2D eigenvalue weighted by molar-refractivity contribution is 0.219. The van der Waals surface area contributed by atoms with E-state index in [1.54, 1.807) is 0 Å². The molecule has 0 saturated carbocycles. The van der Waals surface area contributed by atoms with Crippen molar-refractivity contribution < 1.29 is 4.74 Å². The Morgan fingerprint density at radius 3 is 2.90 bits per heavy atom. The summed E-state index contributed by atoms with van der Waals surface area (Å²) in [5.41, 5.74) is 4.67. The number of ether oxygens (including phenoxy) is 1. The molecule has 1 aromatic heterocycles. The Balaban J connectivity index is 2.05. The second-order valence-electron chi connectivity index (χ2n) is 5.27. The SMILES string of the molecule is CNC(C1=COCCC1)c1cc(C)c2ccccc2n1. The van der Waals surface area contributed by atoms with Crippen LogP contribution in [0.3, 0.4) is 0 Å². The maximum atomic E-state index is 5.47. The van der Waals surface area contributed by atoms with Crippen molar-refractivity contribution in [1.82, 2.24) is 10.3 Å². The third kappa shape index (κ3) is 2.41. The highest BCUT2D eigenvalue weighted by Gasteiger charge is 2.19. The molecule has 0 saturated heterocycles. The van der Waals surface area contributed by atoms with Crippen LogP contribution >= 0.6 is 0 Å². The molecular formula is C17H20N2O. The van der Waals surface area contributed by atoms with Crippen molar-refractivity contribution in [3.8, 4) is 0 Å². The van der Waals surface area contributed by atoms with Gasteiger partial charge in [-0.3, -0.25) is 4.98 Å². The number of hydrogen-bond acceptors (Lipinski definition) is 3. The van der Waals surface area contributed by atoms with E-state index in [0.717, 1.165) is 30.7 Å². The smallest absolute Gasteiger partial charge is 0.0876 e. The van der Waals surface area contributed by atoms with Crippen molar-refractivity contribution >= 4 is 10.9 Å². The largest absolute Gasteiger partial charge is 0.501 e. The highest BCUT2D eigenvalue weighted by molar-refractivity contribution is 5.82. The molecule has 1 aromatic carbocycles. The molecule has 1 N–H and O–H groups in total. The Labute approximate surface area is 119 Å². The van der Waals surface area contributed by atoms with E-state index in [1.807, 2.05) is 19.4 Å². The van der Waals surface area contributed by atoms with Gasteiger partial charge in [-0.2, -0.15) is 0 Å². The number of fused-ring (bicyclic) bond motifs is 1. The molecule has 0 radical (unpaired) electrons. The van der Waals surface area contributed by atoms with Crippen LogP contribution in [0, 0.1) is 6.92 Å². The van der Waals surface area contributed by atoms with Crippen LogP contribution < -0.4 is 5.32 Å². The number of aromatic nitrogens is 1. The number of likely N-dealkylation sites (N-methyl/N-ethyl adjacent to an activating group) is 1. The van der Waals surface area contributed by atoms with Gasteiger partial charge in [0, 0.05) is 5.39 Å². The average Bonchev–Trinajstić information content (AvgIpc) is 2.49. The standard InChI is InChI=1S/C17H20N2O/c1-12-10-16(19-15-8-4-3-7-14(12)15)17(18-2)13-6-5-9-20-11-13/h3-4,7-8,10-11,17-18H,5-6,9H2,1-2H3. The van der Waals surface area contributed by atoms with E-state index in [9.17, 15) is 0 Å². The van der Waals surface area contributed by atoms with Gasteiger partial charge in [0.05, 0.1) is 30.1 Å². The molecule has 1 unspecified atom stereocenters. The summed E-state index contributed by atoms with van der Waals surface area (Å²) in [6.45, 7) is 2.97. The van der Waals surface area contributed by atoms with E-state index in [4.69, 9.17) is 9.72 Å². The lowest BCUT2D eigenvalue weighted by atomic mass is 9.97. The Morgan fingerprint density at radius 1 is 1.30 bits per heavy atom. The predicted octanol–water partition coefficient (Wildman–Crippen LogP) is 3.50. The molecule has 1 atom stereocenters. The Morgan fingerprint density at radius 2 is 2.15 bits per heavy atom. The van der Waals surface area contributed by atoms with Gasteiger partial charge in [0.15, 0.2) is 0 Å². The monoisotopic (exact) mass is 268 g/mol. The van der Waals surface area contributed by atoms with Crippen LogP contribution in [0.1, 0.15) is 30.1 Å². The van der Waals surface area contributed by atoms with Gasteiger partial charge in [0.2, 0.25) is 0 Å². The quantitative estimate of drug-likeness (QED) is 0.925. The Bertz CT molecular complexity index is 648. The van der Waals surface area contributed by atoms with Crippen molar-refractivity contribution in [3.05, 3.63) is 53.4 Å². The molecule has 3 nitrogen and oxygen atoms in total. The van der Waals surface area contributed by atoms with Gasteiger partial charge in [0.25, 0.3) is 0 Å². The first-order valence-corrected chi connectivity index (χ1v) is 7.13. The fraction of sp³-hybridized carbons (Fsp3) is 0.353. The van der Waals surface area contributed by atoms with Crippen LogP contribution in [0.5, 0.6) is 0 Å². The number of para-hydroxylation sites is 1. The zero-order valence-corrected chi connectivity index (χ0v) is 12.0. The second kappa shape index (κ2) is 5.63. The Hall–Kier alpha value is -1.87. The van der Waals surface area contributed by atoms with E-state index < -0.39 is 0 Å². The number of pyridine rings is 1. The molecule has 20 heavy (non-hydrogen) atoms. The number of hydrogen-bond donors (Lipinski definition) is 1. The lowest BCUT2D eigenvalue weighted by Crippen LogP contribution is -2.22. The van der Waals surface area contributed by atoms with Crippen molar-refractivity contribution in [2.24, 2.45) is 0 Å². The summed E-state index contributed by atoms with van der Waals surface area (Å²) in [4.78, 5) is 4.82. The number of nitrogens with one attached hydrogen (secondary N) is 1. The third-order valence-corrected chi connectivity index (χ3v) is 3.86. The minimum Gasteiger partial charge on any atom is -0.501 e. The van der Waals surface area contributed by atoms with Gasteiger partial charge in [-0.1, -0.05) is 18.2 Å². The summed E-state index contributed by atoms with van der Waals surface area (Å²) < 4.78 is 5.47. The summed E-state index contributed by atoms with van der Waals surface area (Å²) in [7, 11) is 1.98. The van der Waals surface area contributed by atoms with E-state index >= 15 is 0 Å². The summed E-state index contributed by atoms with van der Waals surface area (Å²) in [6, 6.07) is 10.6. The van der Waals surface area contributed by atoms with E-state index in [2.05, 4.69) is 36.5 Å². The zero-order chi connectivity index (χ0) is 13.9. The number of aryl methyl sites for hydroxylation is 1. The van der Waals surface area contributed by atoms with Crippen LogP contribution in [0.25, 0.3) is 10.9 Å². The zero-order valence-electron chi connectivity index (χ0n) is 12.0. The predicted molar refractivity (Wildman–Crippen MR) is 81.5 cm³/mol. The normalized spacial score (nSPS) is 16.6. The molecule has 0 spiro atoms. The molecule has 0 fully saturated rings. The van der Waals surface area contributed by atoms with Crippen LogP contribution in [-0.4, -0.2) is 18.6 Å². The molecular weight excluding hydrogens is 248 g/mol. The van der Waals surface area contributed by atoms with Crippen molar-refractivity contribution in [2.45, 2.75) is 25.8 Å². The summed E-state index contributed by atoms with van der Waals surface area (Å²) in [6.07, 6.45) is 4.05. The molecule has 1 aliphatic heterocycles. The molecule has 3 heteroatoms. The third-order valence-electron chi connectivity index (χ3n) is 3.86. The number of nitrogens with zero attached hydrogens (tertiary/aromatic N) is 1. The highest BCUT2D eigenvalue weighted by atomic mass is 16.5. The van der Waals surface area contributed by atoms with E-state index in [1.165, 1.54) is 16.5 Å². The van der Waals surface area contributed by atoms with E-state index in [-0.39, 0.29) is 6.04 Å². The van der Waals surface area contributed by atoms with Gasteiger partial charge < -0.3 is 10.1 Å². The minimum atomic E-state index is 0.138. The van der Waals surface area contributed by atoms with Crippen molar-refractivity contribution in [1.29, 1.82) is 0 Å².